The Labute approximate surface area is 296 Å². The minimum absolute atomic E-state index is 0.0393. The molecule has 0 spiro atoms. The molecule has 1 aliphatic heterocycles. The number of rotatable bonds is 10. The molecule has 0 bridgehead atoms. The number of aryl methyl sites for hydroxylation is 1. The van der Waals surface area contributed by atoms with Crippen LogP contribution in [0.5, 0.6) is 5.75 Å². The molecular formula is C39H32BrN2O3PS2. The van der Waals surface area contributed by atoms with Crippen molar-refractivity contribution in [2.45, 2.75) is 23.4 Å². The van der Waals surface area contributed by atoms with Crippen molar-refractivity contribution in [2.75, 3.05) is 11.9 Å². The van der Waals surface area contributed by atoms with Crippen molar-refractivity contribution in [3.8, 4) is 5.75 Å². The maximum absolute atomic E-state index is 14.4. The van der Waals surface area contributed by atoms with Crippen LogP contribution >= 0.6 is 43.9 Å². The first-order valence-corrected chi connectivity index (χ1v) is 21.7. The van der Waals surface area contributed by atoms with Gasteiger partial charge >= 0.3 is 298 Å². The summed E-state index contributed by atoms with van der Waals surface area (Å²) in [7, 11) is 0. The van der Waals surface area contributed by atoms with E-state index < -0.39 is 10.6 Å². The van der Waals surface area contributed by atoms with E-state index in [1.165, 1.54) is 27.7 Å². The van der Waals surface area contributed by atoms with Gasteiger partial charge < -0.3 is 0 Å². The van der Waals surface area contributed by atoms with Gasteiger partial charge in [-0.05, 0) is 0 Å². The molecule has 6 aromatic rings. The second-order valence-electron chi connectivity index (χ2n) is 11.6. The molecule has 48 heavy (non-hydrogen) atoms. The van der Waals surface area contributed by atoms with Gasteiger partial charge in [0.25, 0.3) is 0 Å². The summed E-state index contributed by atoms with van der Waals surface area (Å²) in [6, 6.07) is 47.2. The van der Waals surface area contributed by atoms with Crippen molar-refractivity contribution in [2.24, 2.45) is 0 Å². The van der Waals surface area contributed by atoms with Gasteiger partial charge in [0.1, 0.15) is 0 Å². The molecule has 0 radical (unpaired) electrons. The summed E-state index contributed by atoms with van der Waals surface area (Å²) in [5, 5.41) is 4.37. The zero-order valence-electron chi connectivity index (χ0n) is 26.1. The Kier molecular flexibility index (Phi) is 9.10. The number of fused-ring (bicyclic) bond motifs is 1. The number of halogens is 1. The summed E-state index contributed by atoms with van der Waals surface area (Å²) >= 11 is 7.77. The summed E-state index contributed by atoms with van der Waals surface area (Å²) in [4.78, 5) is 32.7. The van der Waals surface area contributed by atoms with Gasteiger partial charge in [-0.25, -0.2) is 0 Å². The first-order valence-electron chi connectivity index (χ1n) is 15.5. The van der Waals surface area contributed by atoms with E-state index in [-0.39, 0.29) is 18.3 Å². The number of ketones is 1. The van der Waals surface area contributed by atoms with Crippen molar-refractivity contribution in [1.82, 2.24) is 4.98 Å². The number of anilines is 1. The zero-order valence-corrected chi connectivity index (χ0v) is 30.2. The molecule has 1 aromatic heterocycles. The summed E-state index contributed by atoms with van der Waals surface area (Å²) in [6.45, 7) is 1.99. The van der Waals surface area contributed by atoms with Gasteiger partial charge in [-0.1, -0.05) is 0 Å². The second kappa shape index (κ2) is 13.4. The van der Waals surface area contributed by atoms with Gasteiger partial charge in [-0.2, -0.15) is 0 Å². The fourth-order valence-corrected chi connectivity index (χ4v) is 17.4. The summed E-state index contributed by atoms with van der Waals surface area (Å²) in [5.41, 5.74) is 1.88. The Morgan fingerprint density at radius 2 is 1.40 bits per heavy atom. The van der Waals surface area contributed by atoms with Crippen molar-refractivity contribution < 1.29 is 14.3 Å². The first-order chi connectivity index (χ1) is 23.3. The fraction of sp³-hybridized carbons (Fsp3) is 0.103. The van der Waals surface area contributed by atoms with E-state index >= 15 is 0 Å². The maximum atomic E-state index is 14.4. The molecule has 5 nitrogen and oxygen atoms in total. The molecule has 9 heteroatoms. The van der Waals surface area contributed by atoms with Gasteiger partial charge in [-0.3, -0.25) is 0 Å². The van der Waals surface area contributed by atoms with Crippen LogP contribution in [0.4, 0.5) is 5.69 Å². The predicted octanol–water partition coefficient (Wildman–Crippen LogP) is 8.84. The fourth-order valence-electron chi connectivity index (χ4n) is 6.25. The van der Waals surface area contributed by atoms with Gasteiger partial charge in [0.05, 0.1) is 0 Å². The van der Waals surface area contributed by atoms with Crippen molar-refractivity contribution in [1.29, 1.82) is 0 Å². The minimum atomic E-state index is -3.33. The molecule has 0 fully saturated rings. The quantitative estimate of drug-likeness (QED) is 0.0862. The summed E-state index contributed by atoms with van der Waals surface area (Å²) in [5.74, 6) is 0.241. The van der Waals surface area contributed by atoms with Crippen LogP contribution in [0.3, 0.4) is 0 Å². The van der Waals surface area contributed by atoms with Crippen LogP contribution in [-0.2, 0) is 11.0 Å². The Hall–Kier alpha value is -4.07. The molecule has 1 amide bonds. The average molecular weight is 752 g/mol. The number of nitrogens with one attached hydrogen (secondary N) is 1. The number of nitrogens with zero attached hydrogens (tertiary/aromatic N) is 1. The number of amides is 1. The Balaban J connectivity index is 1.36. The number of thioether (sulfide) groups is 1. The monoisotopic (exact) mass is 750 g/mol. The number of ether oxygens (including phenoxy) is 1. The molecule has 0 saturated carbocycles. The first kappa shape index (κ1) is 32.5. The molecule has 1 aliphatic rings. The third-order valence-corrected chi connectivity index (χ3v) is 20.6. The van der Waals surface area contributed by atoms with Crippen LogP contribution in [0, 0.1) is 6.92 Å². The Morgan fingerprint density at radius 1 is 0.854 bits per heavy atom. The van der Waals surface area contributed by atoms with E-state index in [1.807, 2.05) is 37.3 Å². The number of hydrogen-bond donors (Lipinski definition) is 1. The van der Waals surface area contributed by atoms with E-state index in [4.69, 9.17) is 9.72 Å². The summed E-state index contributed by atoms with van der Waals surface area (Å²) in [6.07, 6.45) is 0.676. The van der Waals surface area contributed by atoms with Crippen molar-refractivity contribution >= 4 is 77.2 Å². The number of carbonyl (C=O) groups excluding carboxylic acids is 2. The van der Waals surface area contributed by atoms with Gasteiger partial charge in [0.15, 0.2) is 0 Å². The predicted molar refractivity (Wildman–Crippen MR) is 205 cm³/mol. The standard InChI is InChI=1S/C39H32BrN2O3PS2/c1-27-41-39(48-38(28-14-6-2-7-15-28)37(44)29-22-23-34-33(24-29)42-36(43)25-45-34)35(47-27)26-46(40,30-16-8-3-9-17-30,31-18-10-4-11-19-31)32-20-12-5-13-21-32/h2-24,38H,25-26H2,1H3,(H,42,43). The van der Waals surface area contributed by atoms with E-state index in [9.17, 15) is 9.59 Å². The topological polar surface area (TPSA) is 68.3 Å². The molecule has 5 aromatic carbocycles. The van der Waals surface area contributed by atoms with Gasteiger partial charge in [-0.15, -0.1) is 0 Å². The van der Waals surface area contributed by atoms with Crippen LogP contribution in [-0.4, -0.2) is 23.3 Å². The molecule has 0 saturated heterocycles. The molecule has 1 unspecified atom stereocenters. The molecular weight excluding hydrogens is 719 g/mol. The number of carbonyl (C=O) groups is 2. The molecule has 0 aliphatic carbocycles. The normalized spacial score (nSPS) is 14.1. The van der Waals surface area contributed by atoms with Crippen molar-refractivity contribution in [3.63, 3.8) is 0 Å². The van der Waals surface area contributed by atoms with Gasteiger partial charge in [0, 0.05) is 0 Å². The third kappa shape index (κ3) is 6.03. The Morgan fingerprint density at radius 3 is 1.96 bits per heavy atom. The molecule has 1 atom stereocenters. The summed E-state index contributed by atoms with van der Waals surface area (Å²) < 4.78 is 5.56. The number of benzene rings is 5. The van der Waals surface area contributed by atoms with Crippen LogP contribution in [0.15, 0.2) is 145 Å². The zero-order chi connectivity index (χ0) is 33.2. The van der Waals surface area contributed by atoms with E-state index in [2.05, 4.69) is 112 Å². The van der Waals surface area contributed by atoms with Crippen LogP contribution in [0.1, 0.15) is 31.1 Å². The number of hydrogen-bond acceptors (Lipinski definition) is 6. The van der Waals surface area contributed by atoms with Crippen molar-refractivity contribution in [3.05, 3.63) is 161 Å². The third-order valence-electron chi connectivity index (χ3n) is 8.56. The SMILES string of the molecule is Cc1nc(SC(C(=O)c2ccc3c(c2)NC(=O)CO3)c2ccccc2)c(CP(Br)(c2ccccc2)(c2ccccc2)c2ccccc2)s1. The van der Waals surface area contributed by atoms with E-state index in [1.54, 1.807) is 29.5 Å². The molecule has 7 rings (SSSR count). The average Bonchev–Trinajstić information content (AvgIpc) is 3.48. The second-order valence-corrected chi connectivity index (χ2v) is 22.9. The van der Waals surface area contributed by atoms with E-state index in [0.29, 0.717) is 23.2 Å². The molecule has 240 valence electrons. The van der Waals surface area contributed by atoms with E-state index in [0.717, 1.165) is 20.5 Å². The van der Waals surface area contributed by atoms with Gasteiger partial charge in [0.2, 0.25) is 0 Å². The molecule has 1 N–H and O–H groups in total. The Bertz CT molecular complexity index is 1990. The van der Waals surface area contributed by atoms with Crippen LogP contribution in [0.2, 0.25) is 0 Å². The number of Topliss-reactive ketones (excluding diaryl/α,β-unsaturated/α-hetero) is 1. The molecule has 2 heterocycles. The number of thiazole rings is 1. The number of aromatic nitrogens is 1. The van der Waals surface area contributed by atoms with Crippen LogP contribution in [0.25, 0.3) is 0 Å². The van der Waals surface area contributed by atoms with Crippen LogP contribution < -0.4 is 26.0 Å².